The number of fused-ring (bicyclic) bond motifs is 1. The van der Waals surface area contributed by atoms with Crippen molar-refractivity contribution < 1.29 is 14.3 Å². The Morgan fingerprint density at radius 2 is 1.60 bits per heavy atom. The van der Waals surface area contributed by atoms with Crippen LogP contribution in [0.2, 0.25) is 0 Å². The zero-order valence-corrected chi connectivity index (χ0v) is 17.4. The molecule has 30 heavy (non-hydrogen) atoms. The zero-order chi connectivity index (χ0) is 21.3. The second-order valence-electron chi connectivity index (χ2n) is 8.54. The number of pyridine rings is 1. The Hall–Kier alpha value is -3.41. The third-order valence-corrected chi connectivity index (χ3v) is 4.76. The standard InChI is InChI=1S/C24H25N3O3/c1-24(2,3)30-23(29)26-17-12-10-16(11-13-17)25-22(28)19-14-21(15-8-9-15)27-20-7-5-4-6-18(19)20/h4-7,10-15H,8-9H2,1-3H3,(H,25,28)(H,26,29). The van der Waals surface area contributed by atoms with Crippen LogP contribution < -0.4 is 10.6 Å². The fourth-order valence-corrected chi connectivity index (χ4v) is 3.23. The summed E-state index contributed by atoms with van der Waals surface area (Å²) < 4.78 is 5.24. The zero-order valence-electron chi connectivity index (χ0n) is 17.4. The Labute approximate surface area is 175 Å². The molecule has 0 atom stereocenters. The number of nitrogens with zero attached hydrogens (tertiary/aromatic N) is 1. The van der Waals surface area contributed by atoms with Crippen LogP contribution in [0.25, 0.3) is 10.9 Å². The quantitative estimate of drug-likeness (QED) is 0.584. The molecule has 1 heterocycles. The average Bonchev–Trinajstić information content (AvgIpc) is 3.52. The Morgan fingerprint density at radius 3 is 2.23 bits per heavy atom. The molecule has 3 aromatic rings. The molecule has 1 aromatic heterocycles. The molecule has 1 aliphatic carbocycles. The third kappa shape index (κ3) is 4.76. The molecule has 0 aliphatic heterocycles. The molecule has 1 aliphatic rings. The summed E-state index contributed by atoms with van der Waals surface area (Å²) in [5.74, 6) is 0.280. The fourth-order valence-electron chi connectivity index (χ4n) is 3.23. The highest BCUT2D eigenvalue weighted by atomic mass is 16.6. The molecule has 0 radical (unpaired) electrons. The molecule has 4 rings (SSSR count). The SMILES string of the molecule is CC(C)(C)OC(=O)Nc1ccc(NC(=O)c2cc(C3CC3)nc3ccccc23)cc1. The van der Waals surface area contributed by atoms with Gasteiger partial charge in [0.05, 0.1) is 11.1 Å². The number of rotatable bonds is 4. The molecule has 1 fully saturated rings. The van der Waals surface area contributed by atoms with Crippen LogP contribution in [0.4, 0.5) is 16.2 Å². The predicted octanol–water partition coefficient (Wildman–Crippen LogP) is 5.71. The van der Waals surface area contributed by atoms with Crippen molar-refractivity contribution in [1.29, 1.82) is 0 Å². The van der Waals surface area contributed by atoms with E-state index in [4.69, 9.17) is 9.72 Å². The van der Waals surface area contributed by atoms with Gasteiger partial charge in [0.25, 0.3) is 5.91 Å². The second-order valence-corrected chi connectivity index (χ2v) is 8.54. The van der Waals surface area contributed by atoms with E-state index in [0.717, 1.165) is 29.4 Å². The van der Waals surface area contributed by atoms with Crippen LogP contribution in [0.15, 0.2) is 54.6 Å². The van der Waals surface area contributed by atoms with Gasteiger partial charge in [-0.3, -0.25) is 15.1 Å². The first-order chi connectivity index (χ1) is 14.3. The minimum atomic E-state index is -0.565. The number of ether oxygens (including phenoxy) is 1. The van der Waals surface area contributed by atoms with Crippen molar-refractivity contribution in [2.45, 2.75) is 45.1 Å². The number of aromatic nitrogens is 1. The van der Waals surface area contributed by atoms with Gasteiger partial charge >= 0.3 is 6.09 Å². The van der Waals surface area contributed by atoms with Crippen LogP contribution in [-0.4, -0.2) is 22.6 Å². The number of hydrogen-bond donors (Lipinski definition) is 2. The highest BCUT2D eigenvalue weighted by molar-refractivity contribution is 6.12. The van der Waals surface area contributed by atoms with E-state index in [1.807, 2.05) is 51.1 Å². The van der Waals surface area contributed by atoms with E-state index in [1.54, 1.807) is 24.3 Å². The lowest BCUT2D eigenvalue weighted by Crippen LogP contribution is -2.27. The van der Waals surface area contributed by atoms with Crippen LogP contribution in [0, 0.1) is 0 Å². The molecule has 0 spiro atoms. The Kier molecular flexibility index (Phi) is 5.16. The summed E-state index contributed by atoms with van der Waals surface area (Å²) in [6.45, 7) is 5.42. The van der Waals surface area contributed by atoms with Gasteiger partial charge in [0, 0.05) is 28.4 Å². The van der Waals surface area contributed by atoms with E-state index in [2.05, 4.69) is 10.6 Å². The van der Waals surface area contributed by atoms with Gasteiger partial charge in [0.15, 0.2) is 0 Å². The van der Waals surface area contributed by atoms with Gasteiger partial charge in [-0.2, -0.15) is 0 Å². The third-order valence-electron chi connectivity index (χ3n) is 4.76. The number of nitrogens with one attached hydrogen (secondary N) is 2. The first kappa shape index (κ1) is 19.9. The molecular formula is C24H25N3O3. The lowest BCUT2D eigenvalue weighted by Gasteiger charge is -2.19. The first-order valence-electron chi connectivity index (χ1n) is 10.1. The largest absolute Gasteiger partial charge is 0.444 e. The fraction of sp³-hybridized carbons (Fsp3) is 0.292. The van der Waals surface area contributed by atoms with E-state index in [9.17, 15) is 9.59 Å². The predicted molar refractivity (Wildman–Crippen MR) is 118 cm³/mol. The van der Waals surface area contributed by atoms with Gasteiger partial charge in [-0.1, -0.05) is 18.2 Å². The maximum atomic E-state index is 13.0. The van der Waals surface area contributed by atoms with Gasteiger partial charge < -0.3 is 10.1 Å². The molecule has 6 nitrogen and oxygen atoms in total. The summed E-state index contributed by atoms with van der Waals surface area (Å²) in [5, 5.41) is 6.46. The van der Waals surface area contributed by atoms with Crippen molar-refractivity contribution in [1.82, 2.24) is 4.98 Å². The minimum absolute atomic E-state index is 0.177. The van der Waals surface area contributed by atoms with Crippen LogP contribution in [0.3, 0.4) is 0 Å². The number of para-hydroxylation sites is 1. The average molecular weight is 403 g/mol. The summed E-state index contributed by atoms with van der Waals surface area (Å²) in [6.07, 6.45) is 1.73. The number of amides is 2. The van der Waals surface area contributed by atoms with Gasteiger partial charge in [-0.15, -0.1) is 0 Å². The van der Waals surface area contributed by atoms with Crippen LogP contribution in [-0.2, 0) is 4.74 Å². The number of benzene rings is 2. The van der Waals surface area contributed by atoms with E-state index >= 15 is 0 Å². The Bertz CT molecular complexity index is 1100. The minimum Gasteiger partial charge on any atom is -0.444 e. The smallest absolute Gasteiger partial charge is 0.412 e. The molecule has 2 amide bonds. The lowest BCUT2D eigenvalue weighted by atomic mass is 10.1. The summed E-state index contributed by atoms with van der Waals surface area (Å²) in [4.78, 5) is 29.6. The van der Waals surface area contributed by atoms with Crippen molar-refractivity contribution in [3.63, 3.8) is 0 Å². The van der Waals surface area contributed by atoms with Gasteiger partial charge in [-0.05, 0) is 70.0 Å². The van der Waals surface area contributed by atoms with Crippen LogP contribution in [0.1, 0.15) is 55.6 Å². The summed E-state index contributed by atoms with van der Waals surface area (Å²) in [6, 6.07) is 16.6. The van der Waals surface area contributed by atoms with Crippen molar-refractivity contribution in [2.24, 2.45) is 0 Å². The first-order valence-corrected chi connectivity index (χ1v) is 10.1. The molecule has 154 valence electrons. The van der Waals surface area contributed by atoms with Crippen molar-refractivity contribution >= 4 is 34.3 Å². The summed E-state index contributed by atoms with van der Waals surface area (Å²) in [7, 11) is 0. The molecule has 0 bridgehead atoms. The van der Waals surface area contributed by atoms with Crippen molar-refractivity contribution in [2.75, 3.05) is 10.6 Å². The summed E-state index contributed by atoms with van der Waals surface area (Å²) >= 11 is 0. The molecular weight excluding hydrogens is 378 g/mol. The number of hydrogen-bond acceptors (Lipinski definition) is 4. The molecule has 6 heteroatoms. The van der Waals surface area contributed by atoms with Crippen LogP contribution in [0.5, 0.6) is 0 Å². The van der Waals surface area contributed by atoms with Crippen molar-refractivity contribution in [3.8, 4) is 0 Å². The number of anilines is 2. The lowest BCUT2D eigenvalue weighted by molar-refractivity contribution is 0.0635. The topological polar surface area (TPSA) is 80.3 Å². The highest BCUT2D eigenvalue weighted by Gasteiger charge is 2.27. The Morgan fingerprint density at radius 1 is 0.967 bits per heavy atom. The van der Waals surface area contributed by atoms with E-state index in [-0.39, 0.29) is 5.91 Å². The summed E-state index contributed by atoms with van der Waals surface area (Å²) in [5.41, 5.74) is 3.11. The normalized spacial score (nSPS) is 13.7. The van der Waals surface area contributed by atoms with E-state index in [0.29, 0.717) is 22.9 Å². The number of carbonyl (C=O) groups excluding carboxylic acids is 2. The monoisotopic (exact) mass is 403 g/mol. The molecule has 2 aromatic carbocycles. The number of carbonyl (C=O) groups is 2. The van der Waals surface area contributed by atoms with Crippen LogP contribution >= 0.6 is 0 Å². The van der Waals surface area contributed by atoms with Gasteiger partial charge in [0.2, 0.25) is 0 Å². The maximum absolute atomic E-state index is 13.0. The molecule has 2 N–H and O–H groups in total. The van der Waals surface area contributed by atoms with E-state index in [1.165, 1.54) is 0 Å². The highest BCUT2D eigenvalue weighted by Crippen LogP contribution is 2.40. The van der Waals surface area contributed by atoms with Gasteiger partial charge in [-0.25, -0.2) is 4.79 Å². The second kappa shape index (κ2) is 7.78. The van der Waals surface area contributed by atoms with E-state index < -0.39 is 11.7 Å². The molecule has 0 unspecified atom stereocenters. The molecule has 0 saturated heterocycles. The molecule has 1 saturated carbocycles. The van der Waals surface area contributed by atoms with Gasteiger partial charge in [0.1, 0.15) is 5.60 Å². The Balaban J connectivity index is 1.50. The maximum Gasteiger partial charge on any atom is 0.412 e. The van der Waals surface area contributed by atoms with Crippen molar-refractivity contribution in [3.05, 3.63) is 65.9 Å².